The summed E-state index contributed by atoms with van der Waals surface area (Å²) in [6, 6.07) is 11.9. The van der Waals surface area contributed by atoms with Crippen molar-refractivity contribution in [3.63, 3.8) is 0 Å². The molecule has 2 aromatic carbocycles. The van der Waals surface area contributed by atoms with Crippen molar-refractivity contribution in [3.05, 3.63) is 70.8 Å². The van der Waals surface area contributed by atoms with Crippen LogP contribution >= 0.6 is 0 Å². The third-order valence-corrected chi connectivity index (χ3v) is 3.06. The van der Waals surface area contributed by atoms with E-state index in [9.17, 15) is 10.1 Å². The average Bonchev–Trinajstić information content (AvgIpc) is 3.04. The summed E-state index contributed by atoms with van der Waals surface area (Å²) in [7, 11) is 0. The van der Waals surface area contributed by atoms with Crippen molar-refractivity contribution in [3.8, 4) is 17.2 Å². The number of rotatable bonds is 4. The second-order valence-corrected chi connectivity index (χ2v) is 4.66. The quantitative estimate of drug-likeness (QED) is 0.545. The number of benzene rings is 2. The highest BCUT2D eigenvalue weighted by Gasteiger charge is 2.15. The summed E-state index contributed by atoms with van der Waals surface area (Å²) >= 11 is 0. The highest BCUT2D eigenvalue weighted by Crippen LogP contribution is 2.32. The van der Waals surface area contributed by atoms with Crippen molar-refractivity contribution in [2.24, 2.45) is 0 Å². The Labute approximate surface area is 126 Å². The predicted octanol–water partition coefficient (Wildman–Crippen LogP) is 3.28. The van der Waals surface area contributed by atoms with Crippen LogP contribution in [0.15, 0.2) is 55.1 Å². The van der Waals surface area contributed by atoms with Crippen LogP contribution in [0.1, 0.15) is 5.56 Å². The lowest BCUT2D eigenvalue weighted by Gasteiger charge is -2.08. The molecule has 0 spiro atoms. The molecule has 0 N–H and O–H groups in total. The Balaban J connectivity index is 1.86. The van der Waals surface area contributed by atoms with Crippen LogP contribution in [-0.2, 0) is 0 Å². The maximum atomic E-state index is 11.1. The number of aromatic nitrogens is 3. The molecular weight excluding hydrogens is 284 g/mol. The third-order valence-electron chi connectivity index (χ3n) is 3.06. The summed E-state index contributed by atoms with van der Waals surface area (Å²) in [4.78, 5) is 14.5. The van der Waals surface area contributed by atoms with Crippen molar-refractivity contribution in [2.45, 2.75) is 6.92 Å². The van der Waals surface area contributed by atoms with Crippen LogP contribution < -0.4 is 4.74 Å². The molecule has 1 heterocycles. The highest BCUT2D eigenvalue weighted by atomic mass is 16.6. The van der Waals surface area contributed by atoms with E-state index in [4.69, 9.17) is 4.74 Å². The zero-order chi connectivity index (χ0) is 15.5. The highest BCUT2D eigenvalue weighted by molar-refractivity contribution is 5.50. The van der Waals surface area contributed by atoms with Crippen LogP contribution in [0.4, 0.5) is 5.69 Å². The van der Waals surface area contributed by atoms with Gasteiger partial charge in [-0.3, -0.25) is 10.1 Å². The molecule has 0 atom stereocenters. The zero-order valence-corrected chi connectivity index (χ0v) is 11.7. The van der Waals surface area contributed by atoms with Crippen molar-refractivity contribution in [1.29, 1.82) is 0 Å². The topological polar surface area (TPSA) is 83.1 Å². The number of aryl methyl sites for hydroxylation is 1. The van der Waals surface area contributed by atoms with E-state index in [1.807, 2.05) is 0 Å². The first-order chi connectivity index (χ1) is 10.6. The number of nitrogens with zero attached hydrogens (tertiary/aromatic N) is 4. The molecule has 3 aromatic rings. The minimum absolute atomic E-state index is 0.0552. The molecule has 7 heteroatoms. The molecule has 0 aliphatic heterocycles. The lowest BCUT2D eigenvalue weighted by atomic mass is 10.2. The van der Waals surface area contributed by atoms with E-state index in [2.05, 4.69) is 10.1 Å². The largest absolute Gasteiger partial charge is 0.450 e. The fourth-order valence-electron chi connectivity index (χ4n) is 1.99. The van der Waals surface area contributed by atoms with E-state index in [1.54, 1.807) is 54.3 Å². The van der Waals surface area contributed by atoms with Gasteiger partial charge in [0.15, 0.2) is 0 Å². The van der Waals surface area contributed by atoms with Crippen molar-refractivity contribution < 1.29 is 9.66 Å². The van der Waals surface area contributed by atoms with Crippen LogP contribution in [0, 0.1) is 17.0 Å². The lowest BCUT2D eigenvalue weighted by molar-refractivity contribution is -0.385. The van der Waals surface area contributed by atoms with E-state index in [0.717, 1.165) is 11.3 Å². The van der Waals surface area contributed by atoms with Gasteiger partial charge in [0, 0.05) is 6.07 Å². The van der Waals surface area contributed by atoms with Crippen LogP contribution in [0.5, 0.6) is 11.5 Å². The minimum atomic E-state index is -0.452. The average molecular weight is 296 g/mol. The molecule has 0 radical (unpaired) electrons. The van der Waals surface area contributed by atoms with Crippen LogP contribution in [0.3, 0.4) is 0 Å². The second kappa shape index (κ2) is 5.65. The van der Waals surface area contributed by atoms with Gasteiger partial charge in [0.1, 0.15) is 18.4 Å². The molecule has 7 nitrogen and oxygen atoms in total. The van der Waals surface area contributed by atoms with E-state index in [1.165, 1.54) is 12.4 Å². The molecule has 0 fully saturated rings. The first-order valence-electron chi connectivity index (χ1n) is 6.51. The normalized spacial score (nSPS) is 10.4. The Bertz CT molecular complexity index is 798. The smallest absolute Gasteiger partial charge is 0.311 e. The Kier molecular flexibility index (Phi) is 3.53. The van der Waals surface area contributed by atoms with E-state index in [-0.39, 0.29) is 11.4 Å². The Morgan fingerprint density at radius 2 is 1.95 bits per heavy atom. The molecule has 3 rings (SSSR count). The van der Waals surface area contributed by atoms with Gasteiger partial charge in [0.2, 0.25) is 5.75 Å². The molecule has 22 heavy (non-hydrogen) atoms. The Hall–Kier alpha value is -3.22. The maximum absolute atomic E-state index is 11.1. The molecule has 0 saturated carbocycles. The zero-order valence-electron chi connectivity index (χ0n) is 11.7. The minimum Gasteiger partial charge on any atom is -0.450 e. The van der Waals surface area contributed by atoms with Gasteiger partial charge >= 0.3 is 5.69 Å². The van der Waals surface area contributed by atoms with Crippen molar-refractivity contribution >= 4 is 5.69 Å². The second-order valence-electron chi connectivity index (χ2n) is 4.66. The number of nitro benzene ring substituents is 1. The van der Waals surface area contributed by atoms with Gasteiger partial charge in [0.05, 0.1) is 10.6 Å². The number of hydrogen-bond acceptors (Lipinski definition) is 5. The van der Waals surface area contributed by atoms with Gasteiger partial charge < -0.3 is 4.74 Å². The molecule has 0 aliphatic rings. The van der Waals surface area contributed by atoms with Crippen molar-refractivity contribution in [2.75, 3.05) is 0 Å². The monoisotopic (exact) mass is 296 g/mol. The first-order valence-corrected chi connectivity index (χ1v) is 6.51. The molecule has 1 aromatic heterocycles. The van der Waals surface area contributed by atoms with E-state index < -0.39 is 4.92 Å². The van der Waals surface area contributed by atoms with Gasteiger partial charge in [-0.2, -0.15) is 5.10 Å². The Morgan fingerprint density at radius 1 is 1.18 bits per heavy atom. The fourth-order valence-corrected chi connectivity index (χ4v) is 1.99. The van der Waals surface area contributed by atoms with Gasteiger partial charge in [-0.15, -0.1) is 0 Å². The molecule has 0 amide bonds. The summed E-state index contributed by atoms with van der Waals surface area (Å²) in [5.41, 5.74) is 1.57. The molecule has 0 unspecified atom stereocenters. The standard InChI is InChI=1S/C15H12N4O3/c1-11-2-7-15(14(8-11)19(20)21)22-13-5-3-12(4-6-13)18-10-16-9-17-18/h2-10H,1H3. The Morgan fingerprint density at radius 3 is 2.59 bits per heavy atom. The summed E-state index contributed by atoms with van der Waals surface area (Å²) < 4.78 is 7.22. The van der Waals surface area contributed by atoms with Gasteiger partial charge in [0.25, 0.3) is 0 Å². The summed E-state index contributed by atoms with van der Waals surface area (Å²) in [6.45, 7) is 1.80. The number of ether oxygens (including phenoxy) is 1. The summed E-state index contributed by atoms with van der Waals surface area (Å²) in [5, 5.41) is 15.1. The third kappa shape index (κ3) is 2.78. The molecule has 110 valence electrons. The number of hydrogen-bond donors (Lipinski definition) is 0. The van der Waals surface area contributed by atoms with Gasteiger partial charge in [-0.25, -0.2) is 9.67 Å². The summed E-state index contributed by atoms with van der Waals surface area (Å²) in [5.74, 6) is 0.722. The number of nitro groups is 1. The van der Waals surface area contributed by atoms with Crippen molar-refractivity contribution in [1.82, 2.24) is 14.8 Å². The van der Waals surface area contributed by atoms with E-state index >= 15 is 0 Å². The molecule has 0 aliphatic carbocycles. The fraction of sp³-hybridized carbons (Fsp3) is 0.0667. The lowest BCUT2D eigenvalue weighted by Crippen LogP contribution is -1.96. The summed E-state index contributed by atoms with van der Waals surface area (Å²) in [6.07, 6.45) is 3.03. The van der Waals surface area contributed by atoms with Gasteiger partial charge in [-0.1, -0.05) is 6.07 Å². The maximum Gasteiger partial charge on any atom is 0.311 e. The molecule has 0 bridgehead atoms. The van der Waals surface area contributed by atoms with Gasteiger partial charge in [-0.05, 0) is 42.8 Å². The van der Waals surface area contributed by atoms with Crippen LogP contribution in [0.25, 0.3) is 5.69 Å². The van der Waals surface area contributed by atoms with Crippen LogP contribution in [-0.4, -0.2) is 19.7 Å². The van der Waals surface area contributed by atoms with E-state index in [0.29, 0.717) is 5.75 Å². The first kappa shape index (κ1) is 13.7. The SMILES string of the molecule is Cc1ccc(Oc2ccc(-n3cncn3)cc2)c([N+](=O)[O-])c1. The van der Waals surface area contributed by atoms with Crippen LogP contribution in [0.2, 0.25) is 0 Å². The molecule has 0 saturated heterocycles. The predicted molar refractivity (Wildman–Crippen MR) is 79.3 cm³/mol. The molecular formula is C15H12N4O3.